The highest BCUT2D eigenvalue weighted by molar-refractivity contribution is 5.92. The number of furan rings is 1. The van der Waals surface area contributed by atoms with Crippen molar-refractivity contribution in [1.29, 1.82) is 0 Å². The van der Waals surface area contributed by atoms with Gasteiger partial charge in [0.25, 0.3) is 5.91 Å². The van der Waals surface area contributed by atoms with E-state index in [2.05, 4.69) is 5.32 Å². The molecule has 7 heteroatoms. The van der Waals surface area contributed by atoms with Crippen molar-refractivity contribution in [3.8, 4) is 11.3 Å². The highest BCUT2D eigenvalue weighted by Crippen LogP contribution is 2.34. The molecule has 28 heavy (non-hydrogen) atoms. The van der Waals surface area contributed by atoms with Gasteiger partial charge in [-0.25, -0.2) is 4.39 Å². The van der Waals surface area contributed by atoms with Crippen LogP contribution < -0.4 is 5.32 Å². The summed E-state index contributed by atoms with van der Waals surface area (Å²) in [5.41, 5.74) is 0.314. The monoisotopic (exact) mass is 386 g/mol. The summed E-state index contributed by atoms with van der Waals surface area (Å²) in [4.78, 5) is 25.5. The second-order valence-corrected chi connectivity index (χ2v) is 7.71. The first kappa shape index (κ1) is 18.7. The Bertz CT molecular complexity index is 871. The van der Waals surface area contributed by atoms with Crippen LogP contribution in [0.25, 0.3) is 11.3 Å². The Labute approximate surface area is 162 Å². The molecular formula is C21H23FN2O4. The summed E-state index contributed by atoms with van der Waals surface area (Å²) in [6.07, 6.45) is 3.80. The summed E-state index contributed by atoms with van der Waals surface area (Å²) in [5.74, 6) is -0.482. The van der Waals surface area contributed by atoms with Crippen LogP contribution in [0.4, 0.5) is 4.39 Å². The largest absolute Gasteiger partial charge is 0.480 e. The molecule has 1 heterocycles. The van der Waals surface area contributed by atoms with E-state index in [0.29, 0.717) is 17.2 Å². The molecule has 2 aromatic rings. The number of hydrogen-bond donors (Lipinski definition) is 2. The summed E-state index contributed by atoms with van der Waals surface area (Å²) in [6, 6.07) is 9.56. The summed E-state index contributed by atoms with van der Waals surface area (Å²) >= 11 is 0. The van der Waals surface area contributed by atoms with Crippen molar-refractivity contribution in [3.05, 3.63) is 48.0 Å². The molecule has 4 rings (SSSR count). The highest BCUT2D eigenvalue weighted by Gasteiger charge is 2.38. The van der Waals surface area contributed by atoms with E-state index in [4.69, 9.17) is 9.52 Å². The molecule has 148 valence electrons. The number of nitrogens with one attached hydrogen (secondary N) is 1. The smallest absolute Gasteiger partial charge is 0.317 e. The lowest BCUT2D eigenvalue weighted by molar-refractivity contribution is -0.139. The van der Waals surface area contributed by atoms with Gasteiger partial charge in [0, 0.05) is 18.6 Å². The quantitative estimate of drug-likeness (QED) is 0.728. The Hall–Kier alpha value is -2.67. The fraction of sp³-hybridized carbons (Fsp3) is 0.429. The topological polar surface area (TPSA) is 82.8 Å². The molecule has 1 amide bonds. The minimum atomic E-state index is -0.815. The van der Waals surface area contributed by atoms with E-state index in [-0.39, 0.29) is 30.3 Å². The molecule has 0 spiro atoms. The molecule has 2 N–H and O–H groups in total. The maximum atomic E-state index is 13.9. The molecule has 0 atom stereocenters. The zero-order chi connectivity index (χ0) is 19.7. The number of carboxylic acid groups (broad SMARTS) is 1. The molecule has 0 aliphatic heterocycles. The molecule has 2 aliphatic rings. The number of carboxylic acids is 1. The fourth-order valence-electron chi connectivity index (χ4n) is 3.67. The number of carbonyl (C=O) groups is 2. The van der Waals surface area contributed by atoms with Gasteiger partial charge in [0.1, 0.15) is 11.6 Å². The van der Waals surface area contributed by atoms with E-state index in [1.165, 1.54) is 25.0 Å². The number of carbonyl (C=O) groups excluding carboxylic acids is 1. The van der Waals surface area contributed by atoms with E-state index in [1.54, 1.807) is 24.3 Å². The molecule has 0 radical (unpaired) electrons. The highest BCUT2D eigenvalue weighted by atomic mass is 19.1. The molecule has 2 fully saturated rings. The first-order valence-electron chi connectivity index (χ1n) is 9.61. The Kier molecular flexibility index (Phi) is 5.17. The van der Waals surface area contributed by atoms with Gasteiger partial charge in [-0.3, -0.25) is 14.5 Å². The summed E-state index contributed by atoms with van der Waals surface area (Å²) in [6.45, 7) is 0.869. The van der Waals surface area contributed by atoms with E-state index < -0.39 is 11.8 Å². The van der Waals surface area contributed by atoms with Crippen LogP contribution in [0.15, 0.2) is 40.8 Å². The minimum Gasteiger partial charge on any atom is -0.480 e. The number of aliphatic carboxylic acids is 1. The van der Waals surface area contributed by atoms with Crippen molar-refractivity contribution in [2.75, 3.05) is 13.1 Å². The van der Waals surface area contributed by atoms with Crippen molar-refractivity contribution in [1.82, 2.24) is 10.2 Å². The van der Waals surface area contributed by atoms with Crippen molar-refractivity contribution < 1.29 is 23.5 Å². The molecule has 1 aromatic carbocycles. The van der Waals surface area contributed by atoms with Crippen LogP contribution in [0.5, 0.6) is 0 Å². The maximum Gasteiger partial charge on any atom is 0.317 e. The van der Waals surface area contributed by atoms with Crippen molar-refractivity contribution >= 4 is 11.9 Å². The Balaban J connectivity index is 1.31. The SMILES string of the molecule is O=C(O)CN(CC1CC1)C1CC(NC(=O)c2ccc(-c3ccccc3F)o2)C1. The summed E-state index contributed by atoms with van der Waals surface area (Å²) in [5, 5.41) is 12.0. The third kappa shape index (κ3) is 4.25. The maximum absolute atomic E-state index is 13.9. The van der Waals surface area contributed by atoms with Gasteiger partial charge >= 0.3 is 5.97 Å². The third-order valence-corrected chi connectivity index (χ3v) is 5.46. The van der Waals surface area contributed by atoms with Crippen LogP contribution in [0.2, 0.25) is 0 Å². The van der Waals surface area contributed by atoms with Crippen LogP contribution in [-0.2, 0) is 4.79 Å². The Morgan fingerprint density at radius 3 is 2.61 bits per heavy atom. The van der Waals surface area contributed by atoms with Gasteiger partial charge in [-0.15, -0.1) is 0 Å². The number of amides is 1. The van der Waals surface area contributed by atoms with Gasteiger partial charge in [-0.2, -0.15) is 0 Å². The molecule has 6 nitrogen and oxygen atoms in total. The zero-order valence-electron chi connectivity index (χ0n) is 15.4. The van der Waals surface area contributed by atoms with Gasteiger partial charge in [0.15, 0.2) is 5.76 Å². The van der Waals surface area contributed by atoms with Crippen molar-refractivity contribution in [2.24, 2.45) is 5.92 Å². The average Bonchev–Trinajstić information content (AvgIpc) is 3.29. The lowest BCUT2D eigenvalue weighted by Gasteiger charge is -2.42. The Morgan fingerprint density at radius 2 is 1.93 bits per heavy atom. The predicted molar refractivity (Wildman–Crippen MR) is 100 cm³/mol. The van der Waals surface area contributed by atoms with Gasteiger partial charge in [0.05, 0.1) is 12.1 Å². The molecule has 0 saturated heterocycles. The normalized spacial score (nSPS) is 21.4. The predicted octanol–water partition coefficient (Wildman–Crippen LogP) is 3.14. The first-order chi connectivity index (χ1) is 13.5. The number of benzene rings is 1. The summed E-state index contributed by atoms with van der Waals surface area (Å²) in [7, 11) is 0. The van der Waals surface area contributed by atoms with Crippen molar-refractivity contribution in [3.63, 3.8) is 0 Å². The van der Waals surface area contributed by atoms with Crippen LogP contribution in [-0.4, -0.2) is 47.1 Å². The third-order valence-electron chi connectivity index (χ3n) is 5.46. The van der Waals surface area contributed by atoms with Crippen LogP contribution >= 0.6 is 0 Å². The van der Waals surface area contributed by atoms with Gasteiger partial charge in [0.2, 0.25) is 0 Å². The number of nitrogens with zero attached hydrogens (tertiary/aromatic N) is 1. The second-order valence-electron chi connectivity index (χ2n) is 7.71. The second kappa shape index (κ2) is 7.75. The lowest BCUT2D eigenvalue weighted by Crippen LogP contribution is -2.55. The molecule has 2 saturated carbocycles. The number of hydrogen-bond acceptors (Lipinski definition) is 4. The molecule has 0 bridgehead atoms. The molecule has 2 aliphatic carbocycles. The van der Waals surface area contributed by atoms with E-state index in [0.717, 1.165) is 19.4 Å². The fourth-order valence-corrected chi connectivity index (χ4v) is 3.67. The number of halogens is 1. The van der Waals surface area contributed by atoms with Crippen molar-refractivity contribution in [2.45, 2.75) is 37.8 Å². The van der Waals surface area contributed by atoms with Gasteiger partial charge in [-0.1, -0.05) is 12.1 Å². The van der Waals surface area contributed by atoms with E-state index in [1.807, 2.05) is 4.90 Å². The van der Waals surface area contributed by atoms with Gasteiger partial charge in [-0.05, 0) is 55.9 Å². The molecule has 0 unspecified atom stereocenters. The average molecular weight is 386 g/mol. The van der Waals surface area contributed by atoms with Crippen LogP contribution in [0.1, 0.15) is 36.2 Å². The van der Waals surface area contributed by atoms with E-state index in [9.17, 15) is 14.0 Å². The van der Waals surface area contributed by atoms with E-state index >= 15 is 0 Å². The Morgan fingerprint density at radius 1 is 1.18 bits per heavy atom. The molecule has 1 aromatic heterocycles. The first-order valence-corrected chi connectivity index (χ1v) is 9.61. The van der Waals surface area contributed by atoms with Crippen LogP contribution in [0.3, 0.4) is 0 Å². The number of rotatable bonds is 8. The summed E-state index contributed by atoms with van der Waals surface area (Å²) < 4.78 is 19.4. The minimum absolute atomic E-state index is 0.00462. The molecular weight excluding hydrogens is 363 g/mol. The zero-order valence-corrected chi connectivity index (χ0v) is 15.4. The lowest BCUT2D eigenvalue weighted by atomic mass is 9.85. The van der Waals surface area contributed by atoms with Crippen LogP contribution in [0, 0.1) is 11.7 Å². The van der Waals surface area contributed by atoms with Gasteiger partial charge < -0.3 is 14.8 Å². The standard InChI is InChI=1S/C21H23FN2O4/c22-17-4-2-1-3-16(17)18-7-8-19(28-18)21(27)23-14-9-15(10-14)24(12-20(25)26)11-13-5-6-13/h1-4,7-8,13-15H,5-6,9-12H2,(H,23,27)(H,25,26).